The summed E-state index contributed by atoms with van der Waals surface area (Å²) in [4.78, 5) is 1.56. The molecule has 0 radical (unpaired) electrons. The Morgan fingerprint density at radius 2 is 2.00 bits per heavy atom. The topological polar surface area (TPSA) is 50.9 Å². The first-order valence-corrected chi connectivity index (χ1v) is 5.34. The zero-order valence-electron chi connectivity index (χ0n) is 9.73. The molecule has 84 valence electrons. The van der Waals surface area contributed by atoms with E-state index in [1.165, 1.54) is 0 Å². The van der Waals surface area contributed by atoms with E-state index in [0.717, 1.165) is 29.1 Å². The average molecular weight is 217 g/mol. The highest BCUT2D eigenvalue weighted by Crippen LogP contribution is 2.19. The molecule has 1 N–H and O–H groups in total. The zero-order chi connectivity index (χ0) is 11.7. The van der Waals surface area contributed by atoms with Gasteiger partial charge in [0.25, 0.3) is 0 Å². The van der Waals surface area contributed by atoms with Crippen LogP contribution in [0.5, 0.6) is 5.75 Å². The summed E-state index contributed by atoms with van der Waals surface area (Å²) < 4.78 is 0. The number of benzene rings is 1. The lowest BCUT2D eigenvalue weighted by Gasteiger charge is -2.02. The summed E-state index contributed by atoms with van der Waals surface area (Å²) in [6, 6.07) is 5.43. The van der Waals surface area contributed by atoms with E-state index in [0.29, 0.717) is 0 Å². The fourth-order valence-corrected chi connectivity index (χ4v) is 1.57. The Hall–Kier alpha value is -1.84. The number of rotatable bonds is 2. The molecular formula is C12H15N3O. The number of aromatic nitrogens is 3. The third-order valence-electron chi connectivity index (χ3n) is 2.64. The fraction of sp³-hybridized carbons (Fsp3) is 0.333. The third-order valence-corrected chi connectivity index (χ3v) is 2.64. The Morgan fingerprint density at radius 3 is 2.56 bits per heavy atom. The van der Waals surface area contributed by atoms with Crippen LogP contribution in [0.3, 0.4) is 0 Å². The zero-order valence-corrected chi connectivity index (χ0v) is 9.73. The van der Waals surface area contributed by atoms with Gasteiger partial charge in [0.1, 0.15) is 5.75 Å². The molecule has 16 heavy (non-hydrogen) atoms. The summed E-state index contributed by atoms with van der Waals surface area (Å²) in [6.07, 6.45) is 0.865. The second-order valence-electron chi connectivity index (χ2n) is 3.85. The first-order valence-electron chi connectivity index (χ1n) is 5.34. The number of phenolic OH excluding ortho intramolecular Hbond substituents is 1. The minimum absolute atomic E-state index is 0.269. The second kappa shape index (κ2) is 3.96. The van der Waals surface area contributed by atoms with Crippen molar-refractivity contribution in [2.45, 2.75) is 27.2 Å². The molecule has 0 amide bonds. The molecule has 0 aliphatic carbocycles. The van der Waals surface area contributed by atoms with Gasteiger partial charge >= 0.3 is 0 Å². The Kier molecular flexibility index (Phi) is 2.64. The summed E-state index contributed by atoms with van der Waals surface area (Å²) in [5.41, 5.74) is 3.55. The first-order chi connectivity index (χ1) is 7.61. The smallest absolute Gasteiger partial charge is 0.120 e. The summed E-state index contributed by atoms with van der Waals surface area (Å²) in [5, 5.41) is 18.3. The van der Waals surface area contributed by atoms with Crippen molar-refractivity contribution in [2.75, 3.05) is 0 Å². The van der Waals surface area contributed by atoms with E-state index >= 15 is 0 Å². The van der Waals surface area contributed by atoms with Crippen molar-refractivity contribution in [3.63, 3.8) is 0 Å². The van der Waals surface area contributed by atoms with Crippen LogP contribution >= 0.6 is 0 Å². The summed E-state index contributed by atoms with van der Waals surface area (Å²) >= 11 is 0. The summed E-state index contributed by atoms with van der Waals surface area (Å²) in [5.74, 6) is 0.269. The quantitative estimate of drug-likeness (QED) is 0.838. The molecule has 0 aliphatic rings. The van der Waals surface area contributed by atoms with Crippen LogP contribution in [0.25, 0.3) is 5.69 Å². The van der Waals surface area contributed by atoms with Crippen molar-refractivity contribution < 1.29 is 5.11 Å². The predicted molar refractivity (Wildman–Crippen MR) is 61.9 cm³/mol. The third kappa shape index (κ3) is 1.78. The van der Waals surface area contributed by atoms with Crippen LogP contribution in [0.4, 0.5) is 0 Å². The highest BCUT2D eigenvalue weighted by atomic mass is 16.3. The first kappa shape index (κ1) is 10.7. The van der Waals surface area contributed by atoms with E-state index in [9.17, 15) is 5.11 Å². The molecule has 0 bridgehead atoms. The number of aryl methyl sites for hydroxylation is 3. The van der Waals surface area contributed by atoms with Gasteiger partial charge in [-0.05, 0) is 31.9 Å². The minimum atomic E-state index is 0.269. The van der Waals surface area contributed by atoms with Crippen molar-refractivity contribution in [1.29, 1.82) is 0 Å². The number of phenols is 1. The Labute approximate surface area is 94.5 Å². The SMILES string of the molecule is CCc1nn(-c2ccc(C)c(O)c2)nc1C. The van der Waals surface area contributed by atoms with Crippen molar-refractivity contribution in [3.8, 4) is 11.4 Å². The molecule has 0 aliphatic heterocycles. The summed E-state index contributed by atoms with van der Waals surface area (Å²) in [7, 11) is 0. The molecule has 1 heterocycles. The molecule has 4 nitrogen and oxygen atoms in total. The molecule has 0 unspecified atom stereocenters. The Morgan fingerprint density at radius 1 is 1.25 bits per heavy atom. The largest absolute Gasteiger partial charge is 0.508 e. The maximum absolute atomic E-state index is 9.63. The molecule has 0 fully saturated rings. The van der Waals surface area contributed by atoms with Gasteiger partial charge in [0.05, 0.1) is 17.1 Å². The van der Waals surface area contributed by atoms with Gasteiger partial charge in [-0.1, -0.05) is 13.0 Å². The molecule has 2 aromatic rings. The number of hydrogen-bond donors (Lipinski definition) is 1. The van der Waals surface area contributed by atoms with Crippen LogP contribution in [-0.4, -0.2) is 20.1 Å². The lowest BCUT2D eigenvalue weighted by Crippen LogP contribution is -1.99. The van der Waals surface area contributed by atoms with E-state index < -0.39 is 0 Å². The van der Waals surface area contributed by atoms with Crippen molar-refractivity contribution >= 4 is 0 Å². The van der Waals surface area contributed by atoms with E-state index in [2.05, 4.69) is 10.2 Å². The Balaban J connectivity index is 2.46. The van der Waals surface area contributed by atoms with Gasteiger partial charge in [-0.15, -0.1) is 0 Å². The van der Waals surface area contributed by atoms with E-state index in [-0.39, 0.29) is 5.75 Å². The Bertz CT molecular complexity index is 517. The number of aromatic hydroxyl groups is 1. The van der Waals surface area contributed by atoms with Gasteiger partial charge in [-0.3, -0.25) is 0 Å². The maximum atomic E-state index is 9.63. The van der Waals surface area contributed by atoms with E-state index in [4.69, 9.17) is 0 Å². The molecule has 0 saturated heterocycles. The number of hydrogen-bond acceptors (Lipinski definition) is 3. The molecular weight excluding hydrogens is 202 g/mol. The second-order valence-corrected chi connectivity index (χ2v) is 3.85. The molecule has 1 aromatic heterocycles. The monoisotopic (exact) mass is 217 g/mol. The van der Waals surface area contributed by atoms with E-state index in [1.54, 1.807) is 10.9 Å². The lowest BCUT2D eigenvalue weighted by atomic mass is 10.2. The summed E-state index contributed by atoms with van der Waals surface area (Å²) in [6.45, 7) is 5.85. The van der Waals surface area contributed by atoms with Crippen LogP contribution in [0, 0.1) is 13.8 Å². The van der Waals surface area contributed by atoms with Crippen LogP contribution in [0.1, 0.15) is 23.9 Å². The molecule has 2 rings (SSSR count). The van der Waals surface area contributed by atoms with Gasteiger partial charge in [0.2, 0.25) is 0 Å². The molecule has 0 saturated carbocycles. The fourth-order valence-electron chi connectivity index (χ4n) is 1.57. The van der Waals surface area contributed by atoms with Crippen molar-refractivity contribution in [3.05, 3.63) is 35.2 Å². The van der Waals surface area contributed by atoms with Gasteiger partial charge in [-0.25, -0.2) is 0 Å². The minimum Gasteiger partial charge on any atom is -0.508 e. The van der Waals surface area contributed by atoms with Gasteiger partial charge in [0.15, 0.2) is 0 Å². The average Bonchev–Trinajstić information content (AvgIpc) is 2.64. The van der Waals surface area contributed by atoms with Crippen LogP contribution in [0.15, 0.2) is 18.2 Å². The van der Waals surface area contributed by atoms with Crippen molar-refractivity contribution in [2.24, 2.45) is 0 Å². The molecule has 0 atom stereocenters. The van der Waals surface area contributed by atoms with Crippen LogP contribution in [0.2, 0.25) is 0 Å². The molecule has 1 aromatic carbocycles. The molecule has 0 spiro atoms. The van der Waals surface area contributed by atoms with Crippen molar-refractivity contribution in [1.82, 2.24) is 15.0 Å². The lowest BCUT2D eigenvalue weighted by molar-refractivity contribution is 0.470. The van der Waals surface area contributed by atoms with Crippen LogP contribution < -0.4 is 0 Å². The highest BCUT2D eigenvalue weighted by molar-refractivity contribution is 5.42. The van der Waals surface area contributed by atoms with Gasteiger partial charge < -0.3 is 5.11 Å². The normalized spacial score (nSPS) is 10.7. The molecule has 4 heteroatoms. The van der Waals surface area contributed by atoms with Crippen LogP contribution in [-0.2, 0) is 6.42 Å². The van der Waals surface area contributed by atoms with Gasteiger partial charge in [-0.2, -0.15) is 15.0 Å². The maximum Gasteiger partial charge on any atom is 0.120 e. The predicted octanol–water partition coefficient (Wildman–Crippen LogP) is 2.15. The van der Waals surface area contributed by atoms with E-state index in [1.807, 2.05) is 32.9 Å². The number of nitrogens with zero attached hydrogens (tertiary/aromatic N) is 3. The van der Waals surface area contributed by atoms with Gasteiger partial charge in [0, 0.05) is 6.07 Å². The standard InChI is InChI=1S/C12H15N3O/c1-4-11-9(3)13-15(14-11)10-6-5-8(2)12(16)7-10/h5-7,16H,4H2,1-3H3. The highest BCUT2D eigenvalue weighted by Gasteiger charge is 2.07.